The van der Waals surface area contributed by atoms with Gasteiger partial charge >= 0.3 is 0 Å². The van der Waals surface area contributed by atoms with Crippen molar-refractivity contribution < 1.29 is 8.78 Å². The number of benzene rings is 2. The molecule has 0 bridgehead atoms. The summed E-state index contributed by atoms with van der Waals surface area (Å²) >= 11 is 3.12. The molecule has 0 amide bonds. The first-order chi connectivity index (χ1) is 9.58. The lowest BCUT2D eigenvalue weighted by Crippen LogP contribution is -2.29. The van der Waals surface area contributed by atoms with E-state index in [0.717, 1.165) is 12.1 Å². The van der Waals surface area contributed by atoms with Crippen LogP contribution < -0.4 is 4.90 Å². The average molecular weight is 338 g/mol. The summed E-state index contributed by atoms with van der Waals surface area (Å²) in [7, 11) is 0. The number of para-hydroxylation sites is 1. The van der Waals surface area contributed by atoms with Crippen molar-refractivity contribution in [3.8, 4) is 0 Å². The number of nitrogens with zero attached hydrogens (tertiary/aromatic N) is 1. The van der Waals surface area contributed by atoms with Crippen LogP contribution in [0.4, 0.5) is 14.5 Å². The van der Waals surface area contributed by atoms with Crippen LogP contribution in [0.2, 0.25) is 0 Å². The first kappa shape index (κ1) is 13.6. The number of halogens is 3. The van der Waals surface area contributed by atoms with Crippen molar-refractivity contribution in [1.82, 2.24) is 0 Å². The van der Waals surface area contributed by atoms with E-state index in [0.29, 0.717) is 4.47 Å². The van der Waals surface area contributed by atoms with Crippen LogP contribution in [0.5, 0.6) is 0 Å². The first-order valence-corrected chi connectivity index (χ1v) is 7.34. The van der Waals surface area contributed by atoms with Gasteiger partial charge in [-0.15, -0.1) is 0 Å². The van der Waals surface area contributed by atoms with Gasteiger partial charge in [0.1, 0.15) is 11.6 Å². The largest absolute Gasteiger partial charge is 0.364 e. The highest BCUT2D eigenvalue weighted by Crippen LogP contribution is 2.34. The number of fused-ring (bicyclic) bond motifs is 1. The minimum atomic E-state index is -0.512. The molecule has 2 aromatic rings. The van der Waals surface area contributed by atoms with Crippen LogP contribution in [-0.4, -0.2) is 6.04 Å². The monoisotopic (exact) mass is 337 g/mol. The molecule has 0 fully saturated rings. The fourth-order valence-electron chi connectivity index (χ4n) is 2.75. The second-order valence-electron chi connectivity index (χ2n) is 5.13. The summed E-state index contributed by atoms with van der Waals surface area (Å²) in [5.41, 5.74) is 2.41. The molecule has 1 heterocycles. The van der Waals surface area contributed by atoms with Crippen LogP contribution in [0.25, 0.3) is 0 Å². The zero-order valence-corrected chi connectivity index (χ0v) is 12.6. The van der Waals surface area contributed by atoms with Gasteiger partial charge in [-0.3, -0.25) is 0 Å². The van der Waals surface area contributed by atoms with Crippen LogP contribution in [-0.2, 0) is 13.0 Å². The zero-order valence-electron chi connectivity index (χ0n) is 11.0. The second kappa shape index (κ2) is 5.17. The van der Waals surface area contributed by atoms with E-state index in [1.807, 2.05) is 18.2 Å². The Morgan fingerprint density at radius 2 is 1.95 bits per heavy atom. The molecule has 1 atom stereocenters. The van der Waals surface area contributed by atoms with Gasteiger partial charge in [-0.2, -0.15) is 0 Å². The van der Waals surface area contributed by atoms with Gasteiger partial charge in [-0.1, -0.05) is 18.2 Å². The van der Waals surface area contributed by atoms with E-state index in [-0.39, 0.29) is 18.2 Å². The molecular weight excluding hydrogens is 324 g/mol. The second-order valence-corrected chi connectivity index (χ2v) is 5.99. The molecule has 104 valence electrons. The van der Waals surface area contributed by atoms with Crippen LogP contribution in [0, 0.1) is 11.6 Å². The maximum absolute atomic E-state index is 14.1. The predicted molar refractivity (Wildman–Crippen MR) is 79.8 cm³/mol. The van der Waals surface area contributed by atoms with Gasteiger partial charge in [-0.05, 0) is 53.0 Å². The lowest BCUT2D eigenvalue weighted by atomic mass is 10.1. The summed E-state index contributed by atoms with van der Waals surface area (Å²) in [6.07, 6.45) is 0.910. The SMILES string of the molecule is CC1Cc2ccccc2N1Cc1c(F)ccc(Br)c1F. The number of hydrogen-bond donors (Lipinski definition) is 0. The Hall–Kier alpha value is -1.42. The number of hydrogen-bond acceptors (Lipinski definition) is 1. The van der Waals surface area contributed by atoms with Crippen LogP contribution in [0.15, 0.2) is 40.9 Å². The van der Waals surface area contributed by atoms with Crippen molar-refractivity contribution in [3.63, 3.8) is 0 Å². The lowest BCUT2D eigenvalue weighted by molar-refractivity contribution is 0.538. The van der Waals surface area contributed by atoms with E-state index in [1.54, 1.807) is 0 Å². The average Bonchev–Trinajstić information content (AvgIpc) is 2.75. The molecule has 1 aliphatic rings. The molecule has 0 spiro atoms. The van der Waals surface area contributed by atoms with Crippen LogP contribution in [0.3, 0.4) is 0 Å². The Kier molecular flexibility index (Phi) is 3.50. The van der Waals surface area contributed by atoms with E-state index in [4.69, 9.17) is 0 Å². The maximum Gasteiger partial charge on any atom is 0.145 e. The topological polar surface area (TPSA) is 3.24 Å². The van der Waals surface area contributed by atoms with Gasteiger partial charge in [-0.25, -0.2) is 8.78 Å². The quantitative estimate of drug-likeness (QED) is 0.719. The third kappa shape index (κ3) is 2.22. The van der Waals surface area contributed by atoms with Crippen molar-refractivity contribution in [1.29, 1.82) is 0 Å². The summed E-state index contributed by atoms with van der Waals surface area (Å²) in [5.74, 6) is -1.01. The van der Waals surface area contributed by atoms with Crippen molar-refractivity contribution in [2.24, 2.45) is 0 Å². The summed E-state index contributed by atoms with van der Waals surface area (Å²) in [6, 6.07) is 11.0. The van der Waals surface area contributed by atoms with Crippen molar-refractivity contribution in [2.75, 3.05) is 4.90 Å². The van der Waals surface area contributed by atoms with Crippen LogP contribution >= 0.6 is 15.9 Å². The molecule has 0 radical (unpaired) electrons. The molecule has 0 saturated heterocycles. The predicted octanol–water partition coefficient (Wildman–Crippen LogP) is 4.68. The van der Waals surface area contributed by atoms with Crippen molar-refractivity contribution in [2.45, 2.75) is 25.9 Å². The summed E-state index contributed by atoms with van der Waals surface area (Å²) in [5, 5.41) is 0. The summed E-state index contributed by atoms with van der Waals surface area (Å²) < 4.78 is 28.3. The standard InChI is InChI=1S/C16H14BrF2N/c1-10-8-11-4-2-3-5-15(11)20(10)9-12-14(18)7-6-13(17)16(12)19/h2-7,10H,8-9H2,1H3. The Bertz CT molecular complexity index is 657. The molecule has 0 aliphatic carbocycles. The molecule has 4 heteroatoms. The normalized spacial score (nSPS) is 17.4. The van der Waals surface area contributed by atoms with E-state index >= 15 is 0 Å². The van der Waals surface area contributed by atoms with Gasteiger partial charge in [0, 0.05) is 23.8 Å². The van der Waals surface area contributed by atoms with E-state index in [1.165, 1.54) is 17.7 Å². The molecule has 2 aromatic carbocycles. The molecule has 3 rings (SSSR count). The minimum absolute atomic E-state index is 0.114. The Morgan fingerprint density at radius 1 is 1.20 bits per heavy atom. The van der Waals surface area contributed by atoms with Gasteiger partial charge in [0.05, 0.1) is 4.47 Å². The summed E-state index contributed by atoms with van der Waals surface area (Å²) in [4.78, 5) is 2.06. The molecule has 1 aliphatic heterocycles. The third-order valence-electron chi connectivity index (χ3n) is 3.82. The first-order valence-electron chi connectivity index (χ1n) is 6.55. The van der Waals surface area contributed by atoms with E-state index < -0.39 is 11.6 Å². The lowest BCUT2D eigenvalue weighted by Gasteiger charge is -2.25. The van der Waals surface area contributed by atoms with Gasteiger partial charge in [0.25, 0.3) is 0 Å². The zero-order chi connectivity index (χ0) is 14.3. The molecular formula is C16H14BrF2N. The van der Waals surface area contributed by atoms with E-state index in [2.05, 4.69) is 33.8 Å². The Balaban J connectivity index is 1.98. The van der Waals surface area contributed by atoms with Gasteiger partial charge in [0.2, 0.25) is 0 Å². The van der Waals surface area contributed by atoms with Crippen LogP contribution in [0.1, 0.15) is 18.1 Å². The van der Waals surface area contributed by atoms with Crippen molar-refractivity contribution in [3.05, 3.63) is 63.6 Å². The molecule has 0 N–H and O–H groups in total. The highest BCUT2D eigenvalue weighted by molar-refractivity contribution is 9.10. The molecule has 1 nitrogen and oxygen atoms in total. The minimum Gasteiger partial charge on any atom is -0.364 e. The maximum atomic E-state index is 14.1. The van der Waals surface area contributed by atoms with E-state index in [9.17, 15) is 8.78 Å². The third-order valence-corrected chi connectivity index (χ3v) is 4.43. The van der Waals surface area contributed by atoms with Gasteiger partial charge < -0.3 is 4.90 Å². The molecule has 1 unspecified atom stereocenters. The summed E-state index contributed by atoms with van der Waals surface area (Å²) in [6.45, 7) is 2.32. The number of rotatable bonds is 2. The Morgan fingerprint density at radius 3 is 2.75 bits per heavy atom. The number of anilines is 1. The Labute approximate surface area is 125 Å². The molecule has 0 aromatic heterocycles. The molecule has 0 saturated carbocycles. The smallest absolute Gasteiger partial charge is 0.145 e. The highest BCUT2D eigenvalue weighted by Gasteiger charge is 2.27. The fourth-order valence-corrected chi connectivity index (χ4v) is 3.13. The van der Waals surface area contributed by atoms with Crippen molar-refractivity contribution >= 4 is 21.6 Å². The highest BCUT2D eigenvalue weighted by atomic mass is 79.9. The fraction of sp³-hybridized carbons (Fsp3) is 0.250. The van der Waals surface area contributed by atoms with Gasteiger partial charge in [0.15, 0.2) is 0 Å². The molecule has 20 heavy (non-hydrogen) atoms.